The molecule has 5 nitrogen and oxygen atoms in total. The number of aliphatic hydroxyl groups is 1. The van der Waals surface area contributed by atoms with Gasteiger partial charge in [-0.1, -0.05) is 38.8 Å². The molecule has 0 fully saturated rings. The van der Waals surface area contributed by atoms with Crippen LogP contribution in [0.15, 0.2) is 24.3 Å². The van der Waals surface area contributed by atoms with Crippen molar-refractivity contribution in [2.75, 3.05) is 5.32 Å². The average Bonchev–Trinajstić information content (AvgIpc) is 2.46. The molecule has 0 unspecified atom stereocenters. The number of carbonyl (C=O) groups excluding carboxylic acids is 1. The number of carboxylic acid groups (broad SMARTS) is 1. The van der Waals surface area contributed by atoms with Gasteiger partial charge in [-0.25, -0.2) is 0 Å². The first-order valence-corrected chi connectivity index (χ1v) is 8.21. The van der Waals surface area contributed by atoms with Gasteiger partial charge in [-0.2, -0.15) is 0 Å². The number of aryl methyl sites for hydroxylation is 1. The highest BCUT2D eigenvalue weighted by Gasteiger charge is 2.28. The van der Waals surface area contributed by atoms with Gasteiger partial charge >= 0.3 is 5.97 Å². The lowest BCUT2D eigenvalue weighted by Gasteiger charge is -2.26. The molecular formula is C18H27NO4. The molecule has 128 valence electrons. The van der Waals surface area contributed by atoms with Crippen LogP contribution in [-0.2, 0) is 16.0 Å². The van der Waals surface area contributed by atoms with Gasteiger partial charge in [-0.15, -0.1) is 0 Å². The lowest BCUT2D eigenvalue weighted by molar-refractivity contribution is -0.137. The van der Waals surface area contributed by atoms with Crippen LogP contribution < -0.4 is 5.32 Å². The third-order valence-corrected chi connectivity index (χ3v) is 3.79. The van der Waals surface area contributed by atoms with Crippen molar-refractivity contribution in [3.05, 3.63) is 29.8 Å². The molecule has 0 saturated carbocycles. The standard InChI is InChI=1S/C18H27NO4/c1-3-11-18(23,12-4-2)13-16(20)19-15-8-5-14(6-9-15)7-10-17(21)22/h5-6,8-9,23H,3-4,7,10-13H2,1-2H3,(H,19,20)(H,21,22). The van der Waals surface area contributed by atoms with E-state index in [1.165, 1.54) is 0 Å². The predicted molar refractivity (Wildman–Crippen MR) is 90.4 cm³/mol. The third-order valence-electron chi connectivity index (χ3n) is 3.79. The van der Waals surface area contributed by atoms with E-state index >= 15 is 0 Å². The number of rotatable bonds is 10. The smallest absolute Gasteiger partial charge is 0.303 e. The molecule has 0 bridgehead atoms. The van der Waals surface area contributed by atoms with Crippen molar-refractivity contribution >= 4 is 17.6 Å². The maximum absolute atomic E-state index is 12.1. The lowest BCUT2D eigenvalue weighted by atomic mass is 9.89. The second-order valence-corrected chi connectivity index (χ2v) is 6.04. The number of hydrogen-bond donors (Lipinski definition) is 3. The first-order chi connectivity index (χ1) is 10.9. The van der Waals surface area contributed by atoms with Gasteiger partial charge in [0.25, 0.3) is 0 Å². The molecule has 0 aromatic heterocycles. The van der Waals surface area contributed by atoms with Gasteiger partial charge in [0.1, 0.15) is 0 Å². The summed E-state index contributed by atoms with van der Waals surface area (Å²) in [6, 6.07) is 7.13. The number of hydrogen-bond acceptors (Lipinski definition) is 3. The van der Waals surface area contributed by atoms with Crippen molar-refractivity contribution in [1.29, 1.82) is 0 Å². The molecule has 0 aliphatic heterocycles. The number of carboxylic acids is 1. The van der Waals surface area contributed by atoms with E-state index in [0.29, 0.717) is 24.9 Å². The Morgan fingerprint density at radius 1 is 1.09 bits per heavy atom. The molecule has 0 aliphatic carbocycles. The summed E-state index contributed by atoms with van der Waals surface area (Å²) < 4.78 is 0. The van der Waals surface area contributed by atoms with Crippen molar-refractivity contribution in [3.8, 4) is 0 Å². The van der Waals surface area contributed by atoms with Crippen molar-refractivity contribution < 1.29 is 19.8 Å². The van der Waals surface area contributed by atoms with Crippen LogP contribution in [0, 0.1) is 0 Å². The summed E-state index contributed by atoms with van der Waals surface area (Å²) in [5, 5.41) is 22.0. The van der Waals surface area contributed by atoms with Crippen LogP contribution >= 0.6 is 0 Å². The quantitative estimate of drug-likeness (QED) is 0.616. The normalized spacial score (nSPS) is 11.3. The highest BCUT2D eigenvalue weighted by atomic mass is 16.4. The molecule has 1 aromatic carbocycles. The number of nitrogens with one attached hydrogen (secondary N) is 1. The van der Waals surface area contributed by atoms with E-state index < -0.39 is 11.6 Å². The van der Waals surface area contributed by atoms with E-state index in [2.05, 4.69) is 5.32 Å². The molecule has 5 heteroatoms. The fraction of sp³-hybridized carbons (Fsp3) is 0.556. The van der Waals surface area contributed by atoms with Crippen LogP contribution in [0.4, 0.5) is 5.69 Å². The van der Waals surface area contributed by atoms with Crippen LogP contribution in [0.3, 0.4) is 0 Å². The van der Waals surface area contributed by atoms with Crippen LogP contribution in [-0.4, -0.2) is 27.7 Å². The summed E-state index contributed by atoms with van der Waals surface area (Å²) in [7, 11) is 0. The Kier molecular flexibility index (Phi) is 7.75. The van der Waals surface area contributed by atoms with E-state index in [1.807, 2.05) is 26.0 Å². The van der Waals surface area contributed by atoms with Crippen molar-refractivity contribution in [1.82, 2.24) is 0 Å². The highest BCUT2D eigenvalue weighted by Crippen LogP contribution is 2.24. The molecule has 0 atom stereocenters. The summed E-state index contributed by atoms with van der Waals surface area (Å²) in [6.07, 6.45) is 3.55. The largest absolute Gasteiger partial charge is 0.481 e. The predicted octanol–water partition coefficient (Wildman–Crippen LogP) is 3.36. The average molecular weight is 321 g/mol. The van der Waals surface area contributed by atoms with E-state index in [-0.39, 0.29) is 18.7 Å². The van der Waals surface area contributed by atoms with Crippen LogP contribution in [0.25, 0.3) is 0 Å². The van der Waals surface area contributed by atoms with Gasteiger partial charge in [-0.05, 0) is 37.0 Å². The Balaban J connectivity index is 2.57. The van der Waals surface area contributed by atoms with Crippen molar-refractivity contribution in [3.63, 3.8) is 0 Å². The molecule has 1 aromatic rings. The number of benzene rings is 1. The molecule has 0 saturated heterocycles. The fourth-order valence-electron chi connectivity index (χ4n) is 2.74. The van der Waals surface area contributed by atoms with Crippen LogP contribution in [0.5, 0.6) is 0 Å². The Hall–Kier alpha value is -1.88. The second-order valence-electron chi connectivity index (χ2n) is 6.04. The summed E-state index contributed by atoms with van der Waals surface area (Å²) in [5.74, 6) is -1.03. The summed E-state index contributed by atoms with van der Waals surface area (Å²) in [5.41, 5.74) is 0.637. The van der Waals surface area contributed by atoms with Crippen molar-refractivity contribution in [2.45, 2.75) is 64.4 Å². The fourth-order valence-corrected chi connectivity index (χ4v) is 2.74. The van der Waals surface area contributed by atoms with Gasteiger partial charge in [0.05, 0.1) is 12.0 Å². The highest BCUT2D eigenvalue weighted by molar-refractivity contribution is 5.91. The van der Waals surface area contributed by atoms with Crippen LogP contribution in [0.2, 0.25) is 0 Å². The van der Waals surface area contributed by atoms with E-state index in [0.717, 1.165) is 18.4 Å². The van der Waals surface area contributed by atoms with Gasteiger partial charge < -0.3 is 15.5 Å². The zero-order valence-electron chi connectivity index (χ0n) is 14.0. The molecular weight excluding hydrogens is 294 g/mol. The van der Waals surface area contributed by atoms with E-state index in [4.69, 9.17) is 5.11 Å². The molecule has 0 aliphatic rings. The number of aliphatic carboxylic acids is 1. The molecule has 0 heterocycles. The van der Waals surface area contributed by atoms with Crippen LogP contribution in [0.1, 0.15) is 57.9 Å². The molecule has 1 rings (SSSR count). The number of carbonyl (C=O) groups is 2. The van der Waals surface area contributed by atoms with E-state index in [1.54, 1.807) is 12.1 Å². The Morgan fingerprint density at radius 3 is 2.13 bits per heavy atom. The number of anilines is 1. The van der Waals surface area contributed by atoms with Crippen molar-refractivity contribution in [2.24, 2.45) is 0 Å². The third kappa shape index (κ3) is 7.28. The minimum absolute atomic E-state index is 0.0901. The summed E-state index contributed by atoms with van der Waals surface area (Å²) in [6.45, 7) is 3.99. The van der Waals surface area contributed by atoms with Gasteiger partial charge in [0.15, 0.2) is 0 Å². The second kappa shape index (κ2) is 9.30. The lowest BCUT2D eigenvalue weighted by Crippen LogP contribution is -2.33. The molecule has 0 spiro atoms. The zero-order valence-corrected chi connectivity index (χ0v) is 14.0. The maximum Gasteiger partial charge on any atom is 0.303 e. The SMILES string of the molecule is CCCC(O)(CCC)CC(=O)Nc1ccc(CCC(=O)O)cc1. The first kappa shape index (κ1) is 19.2. The minimum atomic E-state index is -0.936. The Labute approximate surface area is 137 Å². The van der Waals surface area contributed by atoms with Gasteiger partial charge in [0, 0.05) is 12.1 Å². The minimum Gasteiger partial charge on any atom is -0.481 e. The van der Waals surface area contributed by atoms with E-state index in [9.17, 15) is 14.7 Å². The topological polar surface area (TPSA) is 86.6 Å². The molecule has 23 heavy (non-hydrogen) atoms. The Bertz CT molecular complexity index is 504. The first-order valence-electron chi connectivity index (χ1n) is 8.21. The maximum atomic E-state index is 12.1. The summed E-state index contributed by atoms with van der Waals surface area (Å²) >= 11 is 0. The van der Waals surface area contributed by atoms with Gasteiger partial charge in [-0.3, -0.25) is 9.59 Å². The molecule has 0 radical (unpaired) electrons. The Morgan fingerprint density at radius 2 is 1.65 bits per heavy atom. The molecule has 1 amide bonds. The monoisotopic (exact) mass is 321 g/mol. The number of amides is 1. The zero-order chi connectivity index (χ0) is 17.3. The van der Waals surface area contributed by atoms with Gasteiger partial charge in [0.2, 0.25) is 5.91 Å². The summed E-state index contributed by atoms with van der Waals surface area (Å²) in [4.78, 5) is 22.7. The molecule has 3 N–H and O–H groups in total.